The Bertz CT molecular complexity index is 3000. The zero-order valence-corrected chi connectivity index (χ0v) is 29.8. The number of fused-ring (bicyclic) bond motifs is 7. The fourth-order valence-corrected chi connectivity index (χ4v) is 8.55. The van der Waals surface area contributed by atoms with Gasteiger partial charge in [-0.15, -0.1) is 0 Å². The molecule has 1 heteroatoms. The van der Waals surface area contributed by atoms with Crippen LogP contribution in [0.25, 0.3) is 76.1 Å². The van der Waals surface area contributed by atoms with Crippen molar-refractivity contribution < 1.29 is 0 Å². The first-order chi connectivity index (χ1) is 26.1. The van der Waals surface area contributed by atoms with Gasteiger partial charge in [0.1, 0.15) is 0 Å². The number of hydrogen-bond donors (Lipinski definition) is 0. The lowest BCUT2D eigenvalue weighted by atomic mass is 9.86. The standard InChI is InChI=1S/C52H37N/c1-34-27-35(2)29-43(28-34)53(41-15-4-3-5-16-41)42-26-25-37-30-39(24-23-38(37)31-42)50-32-40-33-51(45-22-12-14-36-13-6-7-17-44(36)45)47-19-9-11-21-49(47)52(40)48-20-10-8-18-46(48)50/h3-33H,1-2H3. The molecular formula is C52H37N. The van der Waals surface area contributed by atoms with E-state index >= 15 is 0 Å². The maximum absolute atomic E-state index is 2.42. The third-order valence-electron chi connectivity index (χ3n) is 10.8. The second-order valence-electron chi connectivity index (χ2n) is 14.3. The molecule has 0 aliphatic rings. The topological polar surface area (TPSA) is 3.24 Å². The number of hydrogen-bond acceptors (Lipinski definition) is 1. The Hall–Kier alpha value is -6.70. The van der Waals surface area contributed by atoms with Crippen molar-refractivity contribution in [3.8, 4) is 22.3 Å². The highest BCUT2D eigenvalue weighted by Gasteiger charge is 2.17. The van der Waals surface area contributed by atoms with Gasteiger partial charge in [0, 0.05) is 17.1 Å². The van der Waals surface area contributed by atoms with Crippen LogP contribution in [-0.2, 0) is 0 Å². The Morgan fingerprint density at radius 3 is 1.64 bits per heavy atom. The Labute approximate surface area is 310 Å². The largest absolute Gasteiger partial charge is 0.310 e. The number of rotatable bonds is 5. The van der Waals surface area contributed by atoms with Crippen LogP contribution in [0.3, 0.4) is 0 Å². The number of nitrogens with zero attached hydrogens (tertiary/aromatic N) is 1. The molecule has 0 aromatic heterocycles. The average Bonchev–Trinajstić information content (AvgIpc) is 3.20. The molecule has 0 amide bonds. The SMILES string of the molecule is Cc1cc(C)cc(N(c2ccccc2)c2ccc3cc(-c4cc5cc(-c6cccc7ccccc67)c6ccccc6c5c5ccccc45)ccc3c2)c1. The molecule has 1 nitrogen and oxygen atoms in total. The quantitative estimate of drug-likeness (QED) is 0.164. The molecule has 0 saturated heterocycles. The van der Waals surface area contributed by atoms with Crippen LogP contribution < -0.4 is 4.90 Å². The molecule has 0 bridgehead atoms. The van der Waals surface area contributed by atoms with E-state index < -0.39 is 0 Å². The molecule has 10 aromatic carbocycles. The smallest absolute Gasteiger partial charge is 0.0468 e. The van der Waals surface area contributed by atoms with Gasteiger partial charge in [-0.25, -0.2) is 0 Å². The molecule has 0 unspecified atom stereocenters. The third kappa shape index (κ3) is 5.32. The van der Waals surface area contributed by atoms with E-state index in [0.717, 1.165) is 11.4 Å². The van der Waals surface area contributed by atoms with Gasteiger partial charge >= 0.3 is 0 Å². The van der Waals surface area contributed by atoms with Gasteiger partial charge in [0.25, 0.3) is 0 Å². The lowest BCUT2D eigenvalue weighted by Gasteiger charge is -2.26. The van der Waals surface area contributed by atoms with E-state index in [1.54, 1.807) is 0 Å². The van der Waals surface area contributed by atoms with Crippen LogP contribution in [0, 0.1) is 13.8 Å². The predicted octanol–water partition coefficient (Wildman–Crippen LogP) is 14.9. The van der Waals surface area contributed by atoms with Crippen molar-refractivity contribution in [3.63, 3.8) is 0 Å². The molecule has 0 spiro atoms. The van der Waals surface area contributed by atoms with Crippen molar-refractivity contribution in [2.45, 2.75) is 13.8 Å². The summed E-state index contributed by atoms with van der Waals surface area (Å²) in [6.07, 6.45) is 0. The Morgan fingerprint density at radius 1 is 0.302 bits per heavy atom. The van der Waals surface area contributed by atoms with E-state index in [2.05, 4.69) is 207 Å². The second kappa shape index (κ2) is 12.5. The molecule has 10 rings (SSSR count). The van der Waals surface area contributed by atoms with E-state index in [1.807, 2.05) is 0 Å². The number of anilines is 3. The lowest BCUT2D eigenvalue weighted by molar-refractivity contribution is 1.26. The van der Waals surface area contributed by atoms with Crippen LogP contribution in [-0.4, -0.2) is 0 Å². The monoisotopic (exact) mass is 675 g/mol. The van der Waals surface area contributed by atoms with Crippen molar-refractivity contribution in [1.29, 1.82) is 0 Å². The first kappa shape index (κ1) is 31.1. The summed E-state index contributed by atoms with van der Waals surface area (Å²) < 4.78 is 0. The average molecular weight is 676 g/mol. The summed E-state index contributed by atoms with van der Waals surface area (Å²) in [5.74, 6) is 0. The minimum absolute atomic E-state index is 1.14. The van der Waals surface area contributed by atoms with Crippen LogP contribution in [0.5, 0.6) is 0 Å². The van der Waals surface area contributed by atoms with E-state index in [9.17, 15) is 0 Å². The maximum Gasteiger partial charge on any atom is 0.0468 e. The Kier molecular flexibility index (Phi) is 7.33. The van der Waals surface area contributed by atoms with Gasteiger partial charge in [0.15, 0.2) is 0 Å². The normalized spacial score (nSPS) is 11.6. The number of aryl methyl sites for hydroxylation is 2. The van der Waals surface area contributed by atoms with Crippen LogP contribution in [0.15, 0.2) is 188 Å². The summed E-state index contributed by atoms with van der Waals surface area (Å²) in [7, 11) is 0. The fourth-order valence-electron chi connectivity index (χ4n) is 8.55. The molecule has 0 fully saturated rings. The number of benzene rings is 10. The van der Waals surface area contributed by atoms with Gasteiger partial charge in [0.05, 0.1) is 0 Å². The van der Waals surface area contributed by atoms with Gasteiger partial charge in [-0.05, 0) is 156 Å². The summed E-state index contributed by atoms with van der Waals surface area (Å²) in [5, 5.41) is 12.6. The molecule has 0 heterocycles. The van der Waals surface area contributed by atoms with Gasteiger partial charge in [-0.1, -0.05) is 133 Å². The van der Waals surface area contributed by atoms with Gasteiger partial charge in [-0.3, -0.25) is 0 Å². The molecule has 250 valence electrons. The summed E-state index contributed by atoms with van der Waals surface area (Å²) in [5.41, 5.74) is 11.0. The van der Waals surface area contributed by atoms with E-state index in [1.165, 1.54) is 92.9 Å². The molecule has 0 aliphatic carbocycles. The van der Waals surface area contributed by atoms with E-state index in [0.29, 0.717) is 0 Å². The van der Waals surface area contributed by atoms with Gasteiger partial charge < -0.3 is 4.90 Å². The molecule has 10 aromatic rings. The molecule has 0 saturated carbocycles. The molecular weight excluding hydrogens is 639 g/mol. The van der Waals surface area contributed by atoms with Crippen LogP contribution in [0.1, 0.15) is 11.1 Å². The zero-order chi connectivity index (χ0) is 35.5. The maximum atomic E-state index is 2.42. The minimum atomic E-state index is 1.14. The summed E-state index contributed by atoms with van der Waals surface area (Å²) in [4.78, 5) is 2.36. The highest BCUT2D eigenvalue weighted by Crippen LogP contribution is 2.44. The predicted molar refractivity (Wildman–Crippen MR) is 229 cm³/mol. The lowest BCUT2D eigenvalue weighted by Crippen LogP contribution is -2.10. The van der Waals surface area contributed by atoms with Crippen molar-refractivity contribution in [1.82, 2.24) is 0 Å². The molecule has 0 aliphatic heterocycles. The van der Waals surface area contributed by atoms with Gasteiger partial charge in [0.2, 0.25) is 0 Å². The highest BCUT2D eigenvalue weighted by atomic mass is 15.1. The van der Waals surface area contributed by atoms with Crippen molar-refractivity contribution in [2.75, 3.05) is 4.90 Å². The second-order valence-corrected chi connectivity index (χ2v) is 14.3. The molecule has 0 atom stereocenters. The van der Waals surface area contributed by atoms with Crippen LogP contribution >= 0.6 is 0 Å². The highest BCUT2D eigenvalue weighted by molar-refractivity contribution is 6.26. The van der Waals surface area contributed by atoms with Crippen molar-refractivity contribution in [3.05, 3.63) is 199 Å². The third-order valence-corrected chi connectivity index (χ3v) is 10.8. The molecule has 53 heavy (non-hydrogen) atoms. The fraction of sp³-hybridized carbons (Fsp3) is 0.0385. The first-order valence-corrected chi connectivity index (χ1v) is 18.4. The first-order valence-electron chi connectivity index (χ1n) is 18.4. The molecule has 0 radical (unpaired) electrons. The Morgan fingerprint density at radius 2 is 0.887 bits per heavy atom. The van der Waals surface area contributed by atoms with Crippen molar-refractivity contribution in [2.24, 2.45) is 0 Å². The summed E-state index contributed by atoms with van der Waals surface area (Å²) in [6, 6.07) is 69.3. The van der Waals surface area contributed by atoms with E-state index in [-0.39, 0.29) is 0 Å². The zero-order valence-electron chi connectivity index (χ0n) is 29.8. The van der Waals surface area contributed by atoms with Crippen LogP contribution in [0.4, 0.5) is 17.1 Å². The van der Waals surface area contributed by atoms with Gasteiger partial charge in [-0.2, -0.15) is 0 Å². The van der Waals surface area contributed by atoms with E-state index in [4.69, 9.17) is 0 Å². The summed E-state index contributed by atoms with van der Waals surface area (Å²) >= 11 is 0. The van der Waals surface area contributed by atoms with Crippen molar-refractivity contribution >= 4 is 70.9 Å². The molecule has 0 N–H and O–H groups in total. The number of para-hydroxylation sites is 1. The minimum Gasteiger partial charge on any atom is -0.310 e. The van der Waals surface area contributed by atoms with Crippen LogP contribution in [0.2, 0.25) is 0 Å². The summed E-state index contributed by atoms with van der Waals surface area (Å²) in [6.45, 7) is 4.34. The Balaban J connectivity index is 1.16.